The van der Waals surface area contributed by atoms with E-state index in [0.717, 1.165) is 51.4 Å². The van der Waals surface area contributed by atoms with E-state index in [0.29, 0.717) is 12.8 Å². The molecule has 0 aliphatic heterocycles. The molecule has 0 aromatic carbocycles. The number of aliphatic hydroxyl groups is 3. The zero-order chi connectivity index (χ0) is 35.9. The fraction of sp³-hybridized carbons (Fsp3) is 0.886. The Balaban J connectivity index is 3.59. The average Bonchev–Trinajstić information content (AvgIpc) is 3.10. The summed E-state index contributed by atoms with van der Waals surface area (Å²) in [4.78, 5) is 12.4. The van der Waals surface area contributed by atoms with Crippen LogP contribution in [0.5, 0.6) is 0 Å². The molecule has 0 fully saturated rings. The minimum atomic E-state index is -1.13. The SMILES string of the molecule is CC/C=C\C/C=C\CCCCCCCCCCCCCCCCC(=O)NC(CO)C(O)C(O)CCCCCCCCCCCCCCCC. The number of carbonyl (C=O) groups is 1. The third-order valence-corrected chi connectivity index (χ3v) is 10.1. The molecule has 5 heteroatoms. The molecule has 0 aromatic heterocycles. The molecule has 0 heterocycles. The Hall–Kier alpha value is -1.17. The van der Waals surface area contributed by atoms with Crippen molar-refractivity contribution in [2.75, 3.05) is 6.61 Å². The molecule has 290 valence electrons. The maximum atomic E-state index is 12.4. The van der Waals surface area contributed by atoms with Crippen LogP contribution in [0.4, 0.5) is 0 Å². The van der Waals surface area contributed by atoms with Crippen molar-refractivity contribution >= 4 is 5.91 Å². The van der Waals surface area contributed by atoms with E-state index in [-0.39, 0.29) is 12.5 Å². The third kappa shape index (κ3) is 35.0. The van der Waals surface area contributed by atoms with Crippen molar-refractivity contribution in [2.45, 2.75) is 244 Å². The average molecular weight is 692 g/mol. The van der Waals surface area contributed by atoms with Crippen LogP contribution in [0, 0.1) is 0 Å². The third-order valence-electron chi connectivity index (χ3n) is 10.1. The number of amides is 1. The first kappa shape index (κ1) is 47.8. The first-order valence-corrected chi connectivity index (χ1v) is 21.6. The van der Waals surface area contributed by atoms with Crippen LogP contribution in [-0.2, 0) is 4.79 Å². The first-order valence-electron chi connectivity index (χ1n) is 21.6. The lowest BCUT2D eigenvalue weighted by Crippen LogP contribution is -2.50. The van der Waals surface area contributed by atoms with E-state index >= 15 is 0 Å². The minimum absolute atomic E-state index is 0.144. The van der Waals surface area contributed by atoms with Crippen LogP contribution in [-0.4, -0.2) is 46.1 Å². The van der Waals surface area contributed by atoms with E-state index in [1.807, 2.05) is 0 Å². The van der Waals surface area contributed by atoms with Crippen molar-refractivity contribution in [2.24, 2.45) is 0 Å². The first-order chi connectivity index (χ1) is 24.1. The van der Waals surface area contributed by atoms with Crippen LogP contribution in [0.2, 0.25) is 0 Å². The second-order valence-electron chi connectivity index (χ2n) is 14.9. The molecule has 0 aliphatic carbocycles. The number of allylic oxidation sites excluding steroid dienone is 4. The molecule has 0 saturated heterocycles. The summed E-state index contributed by atoms with van der Waals surface area (Å²) in [5, 5.41) is 33.5. The van der Waals surface area contributed by atoms with Crippen molar-refractivity contribution in [3.8, 4) is 0 Å². The number of carbonyl (C=O) groups excluding carboxylic acids is 1. The van der Waals surface area contributed by atoms with Gasteiger partial charge in [-0.05, 0) is 38.5 Å². The molecule has 3 unspecified atom stereocenters. The quantitative estimate of drug-likeness (QED) is 0.0381. The van der Waals surface area contributed by atoms with Crippen molar-refractivity contribution < 1.29 is 20.1 Å². The summed E-state index contributed by atoms with van der Waals surface area (Å²) in [7, 11) is 0. The summed E-state index contributed by atoms with van der Waals surface area (Å²) in [5.74, 6) is -0.144. The van der Waals surface area contributed by atoms with Gasteiger partial charge in [-0.2, -0.15) is 0 Å². The largest absolute Gasteiger partial charge is 0.394 e. The molecule has 1 amide bonds. The normalized spacial score (nSPS) is 13.8. The summed E-state index contributed by atoms with van der Waals surface area (Å²) in [6.45, 7) is 4.08. The molecular weight excluding hydrogens is 606 g/mol. The molecule has 0 spiro atoms. The summed E-state index contributed by atoms with van der Waals surface area (Å²) in [5.41, 5.74) is 0. The van der Waals surface area contributed by atoms with Gasteiger partial charge in [-0.3, -0.25) is 4.79 Å². The topological polar surface area (TPSA) is 89.8 Å². The number of hydrogen-bond acceptors (Lipinski definition) is 4. The van der Waals surface area contributed by atoms with Gasteiger partial charge in [0.15, 0.2) is 0 Å². The number of rotatable bonds is 39. The molecule has 5 nitrogen and oxygen atoms in total. The maximum absolute atomic E-state index is 12.4. The summed E-state index contributed by atoms with van der Waals surface area (Å²) >= 11 is 0. The number of unbranched alkanes of at least 4 members (excludes halogenated alkanes) is 27. The van der Waals surface area contributed by atoms with Gasteiger partial charge < -0.3 is 20.6 Å². The predicted molar refractivity (Wildman–Crippen MR) is 213 cm³/mol. The second-order valence-corrected chi connectivity index (χ2v) is 14.9. The van der Waals surface area contributed by atoms with E-state index in [2.05, 4.69) is 43.5 Å². The van der Waals surface area contributed by atoms with Gasteiger partial charge in [0.25, 0.3) is 0 Å². The Morgan fingerprint density at radius 2 is 0.939 bits per heavy atom. The molecular formula is C44H85NO4. The monoisotopic (exact) mass is 692 g/mol. The van der Waals surface area contributed by atoms with Crippen molar-refractivity contribution in [3.63, 3.8) is 0 Å². The minimum Gasteiger partial charge on any atom is -0.394 e. The lowest BCUT2D eigenvalue weighted by Gasteiger charge is -2.26. The van der Waals surface area contributed by atoms with E-state index in [9.17, 15) is 20.1 Å². The number of hydrogen-bond donors (Lipinski definition) is 4. The molecule has 4 N–H and O–H groups in total. The van der Waals surface area contributed by atoms with Crippen LogP contribution in [0.25, 0.3) is 0 Å². The highest BCUT2D eigenvalue weighted by molar-refractivity contribution is 5.76. The smallest absolute Gasteiger partial charge is 0.220 e. The summed E-state index contributed by atoms with van der Waals surface area (Å²) in [6.07, 6.45) is 47.1. The zero-order valence-electron chi connectivity index (χ0n) is 32.8. The summed E-state index contributed by atoms with van der Waals surface area (Å²) < 4.78 is 0. The van der Waals surface area contributed by atoms with Crippen LogP contribution in [0.3, 0.4) is 0 Å². The van der Waals surface area contributed by atoms with Crippen molar-refractivity contribution in [1.82, 2.24) is 5.32 Å². The molecule has 0 aromatic rings. The highest BCUT2D eigenvalue weighted by Gasteiger charge is 2.26. The van der Waals surface area contributed by atoms with Gasteiger partial charge in [0.2, 0.25) is 5.91 Å². The standard InChI is InChI=1S/C44H85NO4/c1-3-5-7-9-11-13-15-17-19-20-21-22-23-24-25-27-29-31-33-35-37-39-43(48)45-41(40-46)44(49)42(47)38-36-34-32-30-28-26-18-16-14-12-10-8-6-4-2/h5,7,11,13,41-42,44,46-47,49H,3-4,6,8-10,12,14-40H2,1-2H3,(H,45,48)/b7-5-,13-11-. The van der Waals surface area contributed by atoms with E-state index < -0.39 is 18.2 Å². The van der Waals surface area contributed by atoms with Crippen molar-refractivity contribution in [3.05, 3.63) is 24.3 Å². The molecule has 0 radical (unpaired) electrons. The van der Waals surface area contributed by atoms with E-state index in [1.165, 1.54) is 148 Å². The van der Waals surface area contributed by atoms with E-state index in [1.54, 1.807) is 0 Å². The number of nitrogens with one attached hydrogen (secondary N) is 1. The summed E-state index contributed by atoms with van der Waals surface area (Å²) in [6, 6.07) is -0.806. The Morgan fingerprint density at radius 3 is 1.39 bits per heavy atom. The Kier molecular flexibility index (Phi) is 38.7. The van der Waals surface area contributed by atoms with Gasteiger partial charge in [-0.1, -0.05) is 205 Å². The maximum Gasteiger partial charge on any atom is 0.220 e. The Labute approximate surface area is 305 Å². The predicted octanol–water partition coefficient (Wildman–Crippen LogP) is 12.2. The van der Waals surface area contributed by atoms with E-state index in [4.69, 9.17) is 0 Å². The molecule has 3 atom stereocenters. The van der Waals surface area contributed by atoms with Gasteiger partial charge >= 0.3 is 0 Å². The lowest BCUT2D eigenvalue weighted by atomic mass is 9.99. The van der Waals surface area contributed by atoms with Gasteiger partial charge in [0.1, 0.15) is 6.10 Å². The van der Waals surface area contributed by atoms with Crippen LogP contribution in [0.1, 0.15) is 226 Å². The molecule has 49 heavy (non-hydrogen) atoms. The second kappa shape index (κ2) is 39.6. The van der Waals surface area contributed by atoms with Crippen LogP contribution in [0.15, 0.2) is 24.3 Å². The highest BCUT2D eigenvalue weighted by Crippen LogP contribution is 2.16. The van der Waals surface area contributed by atoms with Crippen LogP contribution < -0.4 is 5.32 Å². The van der Waals surface area contributed by atoms with Gasteiger partial charge in [-0.15, -0.1) is 0 Å². The lowest BCUT2D eigenvalue weighted by molar-refractivity contribution is -0.124. The number of aliphatic hydroxyl groups excluding tert-OH is 3. The molecule has 0 bridgehead atoms. The van der Waals surface area contributed by atoms with Gasteiger partial charge in [0, 0.05) is 6.42 Å². The van der Waals surface area contributed by atoms with Gasteiger partial charge in [-0.25, -0.2) is 0 Å². The fourth-order valence-corrected chi connectivity index (χ4v) is 6.73. The van der Waals surface area contributed by atoms with Crippen LogP contribution >= 0.6 is 0 Å². The fourth-order valence-electron chi connectivity index (χ4n) is 6.73. The van der Waals surface area contributed by atoms with Crippen molar-refractivity contribution in [1.29, 1.82) is 0 Å². The molecule has 0 saturated carbocycles. The Morgan fingerprint density at radius 1 is 0.531 bits per heavy atom. The molecule has 0 aliphatic rings. The molecule has 0 rings (SSSR count). The Bertz CT molecular complexity index is 724. The highest BCUT2D eigenvalue weighted by atomic mass is 16.3. The zero-order valence-corrected chi connectivity index (χ0v) is 32.8. The van der Waals surface area contributed by atoms with Gasteiger partial charge in [0.05, 0.1) is 18.8 Å².